The highest BCUT2D eigenvalue weighted by molar-refractivity contribution is 5.73. The van der Waals surface area contributed by atoms with Crippen molar-refractivity contribution in [2.24, 2.45) is 11.8 Å². The minimum atomic E-state index is -0.744. The van der Waals surface area contributed by atoms with Crippen LogP contribution in [0.15, 0.2) is 0 Å². The van der Waals surface area contributed by atoms with E-state index in [0.29, 0.717) is 24.8 Å². The number of amides is 2. The van der Waals surface area contributed by atoms with Crippen LogP contribution in [0.2, 0.25) is 0 Å². The van der Waals surface area contributed by atoms with Crippen LogP contribution in [0.5, 0.6) is 0 Å². The molecule has 1 rings (SSSR count). The maximum absolute atomic E-state index is 11.7. The van der Waals surface area contributed by atoms with E-state index < -0.39 is 5.97 Å². The number of carbonyl (C=O) groups is 2. The first-order chi connectivity index (χ1) is 10.1. The lowest BCUT2D eigenvalue weighted by Gasteiger charge is -2.22. The Hall–Kier alpha value is -1.26. The van der Waals surface area contributed by atoms with Crippen molar-refractivity contribution in [2.45, 2.75) is 64.7 Å². The molecule has 0 radical (unpaired) electrons. The molecule has 0 aromatic rings. The fourth-order valence-corrected chi connectivity index (χ4v) is 2.96. The molecule has 1 aliphatic rings. The van der Waals surface area contributed by atoms with Gasteiger partial charge in [-0.25, -0.2) is 4.79 Å². The van der Waals surface area contributed by atoms with Crippen LogP contribution in [0.3, 0.4) is 0 Å². The van der Waals surface area contributed by atoms with Crippen molar-refractivity contribution in [2.75, 3.05) is 13.1 Å². The van der Waals surface area contributed by atoms with Crippen molar-refractivity contribution in [3.05, 3.63) is 0 Å². The second kappa shape index (κ2) is 10.5. The highest BCUT2D eigenvalue weighted by Crippen LogP contribution is 2.22. The molecule has 0 aromatic heterocycles. The van der Waals surface area contributed by atoms with E-state index in [-0.39, 0.29) is 12.5 Å². The van der Waals surface area contributed by atoms with Gasteiger partial charge in [-0.2, -0.15) is 0 Å². The molecule has 21 heavy (non-hydrogen) atoms. The van der Waals surface area contributed by atoms with Crippen LogP contribution < -0.4 is 10.6 Å². The number of hydrogen-bond donors (Lipinski definition) is 3. The largest absolute Gasteiger partial charge is 0.481 e. The second-order valence-corrected chi connectivity index (χ2v) is 6.14. The van der Waals surface area contributed by atoms with Gasteiger partial charge in [-0.1, -0.05) is 32.6 Å². The van der Waals surface area contributed by atoms with Gasteiger partial charge in [-0.3, -0.25) is 4.79 Å². The van der Waals surface area contributed by atoms with Gasteiger partial charge in [0.2, 0.25) is 0 Å². The predicted molar refractivity (Wildman–Crippen MR) is 83.2 cm³/mol. The van der Waals surface area contributed by atoms with Crippen molar-refractivity contribution in [3.8, 4) is 0 Å². The van der Waals surface area contributed by atoms with E-state index in [9.17, 15) is 9.59 Å². The van der Waals surface area contributed by atoms with Crippen molar-refractivity contribution < 1.29 is 14.7 Å². The van der Waals surface area contributed by atoms with E-state index in [2.05, 4.69) is 17.6 Å². The number of aliphatic carboxylic acids is 1. The molecule has 0 saturated heterocycles. The van der Waals surface area contributed by atoms with Crippen molar-refractivity contribution in [3.63, 3.8) is 0 Å². The minimum Gasteiger partial charge on any atom is -0.481 e. The standard InChI is InChI=1S/C16H30N2O3/c1-2-13(8-9-15(19)20)10-11-17-16(21)18-12-14-6-4-3-5-7-14/h13-14H,2-12H2,1H3,(H,19,20)(H2,17,18,21). The highest BCUT2D eigenvalue weighted by Gasteiger charge is 2.14. The van der Waals surface area contributed by atoms with Gasteiger partial charge in [0.05, 0.1) is 0 Å². The Balaban J connectivity index is 2.06. The van der Waals surface area contributed by atoms with Crippen LogP contribution in [0.4, 0.5) is 4.79 Å². The molecule has 1 saturated carbocycles. The van der Waals surface area contributed by atoms with E-state index in [0.717, 1.165) is 19.4 Å². The summed E-state index contributed by atoms with van der Waals surface area (Å²) in [5, 5.41) is 14.5. The maximum Gasteiger partial charge on any atom is 0.314 e. The summed E-state index contributed by atoms with van der Waals surface area (Å²) in [5.74, 6) is 0.273. The van der Waals surface area contributed by atoms with Crippen LogP contribution in [-0.4, -0.2) is 30.2 Å². The molecule has 0 aliphatic heterocycles. The molecule has 0 heterocycles. The lowest BCUT2D eigenvalue weighted by molar-refractivity contribution is -0.137. The Bertz CT molecular complexity index is 315. The van der Waals surface area contributed by atoms with Crippen molar-refractivity contribution in [1.82, 2.24) is 10.6 Å². The summed E-state index contributed by atoms with van der Waals surface area (Å²) in [4.78, 5) is 22.3. The van der Waals surface area contributed by atoms with Crippen LogP contribution in [0.25, 0.3) is 0 Å². The first-order valence-electron chi connectivity index (χ1n) is 8.35. The van der Waals surface area contributed by atoms with Crippen molar-refractivity contribution >= 4 is 12.0 Å². The van der Waals surface area contributed by atoms with Gasteiger partial charge in [0.15, 0.2) is 0 Å². The van der Waals surface area contributed by atoms with Crippen LogP contribution in [0.1, 0.15) is 64.7 Å². The average Bonchev–Trinajstić information content (AvgIpc) is 2.49. The van der Waals surface area contributed by atoms with E-state index in [1.807, 2.05) is 0 Å². The summed E-state index contributed by atoms with van der Waals surface area (Å²) >= 11 is 0. The number of hydrogen-bond acceptors (Lipinski definition) is 2. The van der Waals surface area contributed by atoms with Gasteiger partial charge in [-0.05, 0) is 37.5 Å². The Morgan fingerprint density at radius 1 is 1.14 bits per heavy atom. The van der Waals surface area contributed by atoms with E-state index in [1.165, 1.54) is 32.1 Å². The number of carbonyl (C=O) groups excluding carboxylic acids is 1. The third-order valence-electron chi connectivity index (χ3n) is 4.46. The van der Waals surface area contributed by atoms with Crippen LogP contribution >= 0.6 is 0 Å². The first kappa shape index (κ1) is 17.8. The third-order valence-corrected chi connectivity index (χ3v) is 4.46. The van der Waals surface area contributed by atoms with Gasteiger partial charge in [-0.15, -0.1) is 0 Å². The minimum absolute atomic E-state index is 0.0892. The molecular weight excluding hydrogens is 268 g/mol. The number of urea groups is 1. The summed E-state index contributed by atoms with van der Waals surface area (Å²) in [5.41, 5.74) is 0. The van der Waals surface area contributed by atoms with Crippen LogP contribution in [0, 0.1) is 11.8 Å². The molecule has 0 bridgehead atoms. The molecular formula is C16H30N2O3. The molecule has 5 nitrogen and oxygen atoms in total. The molecule has 1 fully saturated rings. The molecule has 1 atom stereocenters. The number of nitrogens with one attached hydrogen (secondary N) is 2. The van der Waals surface area contributed by atoms with Gasteiger partial charge in [0.1, 0.15) is 0 Å². The highest BCUT2D eigenvalue weighted by atomic mass is 16.4. The van der Waals surface area contributed by atoms with Crippen LogP contribution in [-0.2, 0) is 4.79 Å². The molecule has 5 heteroatoms. The Morgan fingerprint density at radius 2 is 1.86 bits per heavy atom. The molecule has 2 amide bonds. The normalized spacial score (nSPS) is 17.2. The lowest BCUT2D eigenvalue weighted by atomic mass is 9.89. The summed E-state index contributed by atoms with van der Waals surface area (Å²) < 4.78 is 0. The monoisotopic (exact) mass is 298 g/mol. The fraction of sp³-hybridized carbons (Fsp3) is 0.875. The summed E-state index contributed by atoms with van der Waals surface area (Å²) in [6, 6.07) is -0.0892. The summed E-state index contributed by atoms with van der Waals surface area (Å²) in [6.07, 6.45) is 9.08. The second-order valence-electron chi connectivity index (χ2n) is 6.14. The van der Waals surface area contributed by atoms with Gasteiger partial charge in [0.25, 0.3) is 0 Å². The first-order valence-corrected chi connectivity index (χ1v) is 8.35. The zero-order valence-corrected chi connectivity index (χ0v) is 13.2. The number of rotatable bonds is 9. The quantitative estimate of drug-likeness (QED) is 0.612. The van der Waals surface area contributed by atoms with E-state index in [4.69, 9.17) is 5.11 Å². The summed E-state index contributed by atoms with van der Waals surface area (Å²) in [6.45, 7) is 3.46. The zero-order valence-electron chi connectivity index (χ0n) is 13.2. The molecule has 0 spiro atoms. The molecule has 1 aliphatic carbocycles. The molecule has 0 aromatic carbocycles. The Morgan fingerprint density at radius 3 is 2.48 bits per heavy atom. The Kier molecular flexibility index (Phi) is 8.87. The van der Waals surface area contributed by atoms with E-state index in [1.54, 1.807) is 0 Å². The SMILES string of the molecule is CCC(CCNC(=O)NCC1CCCCC1)CCC(=O)O. The summed E-state index contributed by atoms with van der Waals surface area (Å²) in [7, 11) is 0. The van der Waals surface area contributed by atoms with E-state index >= 15 is 0 Å². The third kappa shape index (κ3) is 8.58. The average molecular weight is 298 g/mol. The predicted octanol–water partition coefficient (Wildman–Crippen LogP) is 3.15. The topological polar surface area (TPSA) is 78.4 Å². The molecule has 122 valence electrons. The lowest BCUT2D eigenvalue weighted by Crippen LogP contribution is -2.39. The number of carboxylic acid groups (broad SMARTS) is 1. The zero-order chi connectivity index (χ0) is 15.5. The Labute approximate surface area is 127 Å². The maximum atomic E-state index is 11.7. The smallest absolute Gasteiger partial charge is 0.314 e. The molecule has 1 unspecified atom stereocenters. The molecule has 3 N–H and O–H groups in total. The van der Waals surface area contributed by atoms with Gasteiger partial charge < -0.3 is 15.7 Å². The van der Waals surface area contributed by atoms with Crippen molar-refractivity contribution in [1.29, 1.82) is 0 Å². The van der Waals surface area contributed by atoms with Gasteiger partial charge in [0, 0.05) is 19.5 Å². The van der Waals surface area contributed by atoms with Gasteiger partial charge >= 0.3 is 12.0 Å². The number of carboxylic acids is 1. The fourth-order valence-electron chi connectivity index (χ4n) is 2.96.